The monoisotopic (exact) mass is 358 g/mol. The highest BCUT2D eigenvalue weighted by molar-refractivity contribution is 6.29. The van der Waals surface area contributed by atoms with E-state index >= 15 is 0 Å². The van der Waals surface area contributed by atoms with E-state index in [2.05, 4.69) is 0 Å². The van der Waals surface area contributed by atoms with Crippen molar-refractivity contribution in [3.63, 3.8) is 0 Å². The van der Waals surface area contributed by atoms with Gasteiger partial charge in [-0.25, -0.2) is 9.18 Å². The molecule has 1 N–H and O–H groups in total. The number of benzene rings is 1. The summed E-state index contributed by atoms with van der Waals surface area (Å²) in [5.74, 6) is -1.70. The minimum Gasteiger partial charge on any atom is -0.506 e. The molecular formula is C16H20ClFN2O4. The molecule has 0 aromatic heterocycles. The number of halogens is 2. The third kappa shape index (κ3) is 4.08. The number of aromatic hydroxyl groups is 1. The van der Waals surface area contributed by atoms with Crippen LogP contribution in [0.4, 0.5) is 14.9 Å². The summed E-state index contributed by atoms with van der Waals surface area (Å²) in [6.45, 7) is 5.79. The maximum Gasteiger partial charge on any atom is 0.410 e. The van der Waals surface area contributed by atoms with E-state index in [0.717, 1.165) is 12.1 Å². The van der Waals surface area contributed by atoms with Gasteiger partial charge in [0.2, 0.25) is 5.91 Å². The van der Waals surface area contributed by atoms with Gasteiger partial charge in [0.15, 0.2) is 0 Å². The highest BCUT2D eigenvalue weighted by atomic mass is 35.5. The van der Waals surface area contributed by atoms with Gasteiger partial charge in [-0.3, -0.25) is 4.79 Å². The molecule has 1 fully saturated rings. The van der Waals surface area contributed by atoms with Crippen LogP contribution in [0.5, 0.6) is 5.75 Å². The molecule has 1 heterocycles. The largest absolute Gasteiger partial charge is 0.506 e. The predicted molar refractivity (Wildman–Crippen MR) is 87.9 cm³/mol. The van der Waals surface area contributed by atoms with Crippen LogP contribution in [0.3, 0.4) is 0 Å². The molecule has 8 heteroatoms. The van der Waals surface area contributed by atoms with Crippen LogP contribution in [-0.2, 0) is 9.53 Å². The summed E-state index contributed by atoms with van der Waals surface area (Å²) < 4.78 is 18.4. The van der Waals surface area contributed by atoms with Gasteiger partial charge in [-0.15, -0.1) is 11.6 Å². The lowest BCUT2D eigenvalue weighted by Crippen LogP contribution is -2.63. The molecule has 132 valence electrons. The molecule has 6 nitrogen and oxygen atoms in total. The molecule has 1 aromatic carbocycles. The zero-order valence-electron chi connectivity index (χ0n) is 13.8. The first-order chi connectivity index (χ1) is 11.1. The molecule has 0 spiro atoms. The highest BCUT2D eigenvalue weighted by Gasteiger charge is 2.40. The van der Waals surface area contributed by atoms with Crippen molar-refractivity contribution in [3.05, 3.63) is 24.0 Å². The molecule has 2 rings (SSSR count). The van der Waals surface area contributed by atoms with E-state index in [9.17, 15) is 19.1 Å². The Kier molecular flexibility index (Phi) is 5.22. The van der Waals surface area contributed by atoms with Gasteiger partial charge >= 0.3 is 6.09 Å². The van der Waals surface area contributed by atoms with Crippen molar-refractivity contribution in [2.24, 2.45) is 0 Å². The molecule has 1 aromatic rings. The normalized spacial score (nSPS) is 15.0. The van der Waals surface area contributed by atoms with Gasteiger partial charge in [-0.2, -0.15) is 0 Å². The van der Waals surface area contributed by atoms with Crippen molar-refractivity contribution in [1.82, 2.24) is 4.90 Å². The van der Waals surface area contributed by atoms with Crippen LogP contribution in [-0.4, -0.2) is 52.6 Å². The summed E-state index contributed by atoms with van der Waals surface area (Å²) in [6, 6.07) is 3.02. The molecule has 1 aliphatic heterocycles. The highest BCUT2D eigenvalue weighted by Crippen LogP contribution is 2.32. The Morgan fingerprint density at radius 1 is 1.42 bits per heavy atom. The molecule has 0 aliphatic carbocycles. The van der Waals surface area contributed by atoms with Crippen LogP contribution in [0.25, 0.3) is 0 Å². The van der Waals surface area contributed by atoms with Crippen molar-refractivity contribution < 1.29 is 23.8 Å². The molecule has 0 atom stereocenters. The topological polar surface area (TPSA) is 70.1 Å². The van der Waals surface area contributed by atoms with Crippen molar-refractivity contribution in [2.45, 2.75) is 32.4 Å². The van der Waals surface area contributed by atoms with Crippen molar-refractivity contribution in [3.8, 4) is 5.75 Å². The summed E-state index contributed by atoms with van der Waals surface area (Å²) in [4.78, 5) is 26.9. The molecular weight excluding hydrogens is 339 g/mol. The van der Waals surface area contributed by atoms with Gasteiger partial charge in [0.25, 0.3) is 0 Å². The first kappa shape index (κ1) is 18.3. The van der Waals surface area contributed by atoms with Gasteiger partial charge < -0.3 is 19.6 Å². The quantitative estimate of drug-likeness (QED) is 0.843. The number of phenols is 1. The molecule has 1 aliphatic rings. The fraction of sp³-hybridized carbons (Fsp3) is 0.500. The lowest BCUT2D eigenvalue weighted by atomic mass is 10.1. The van der Waals surface area contributed by atoms with Gasteiger partial charge in [-0.05, 0) is 32.9 Å². The number of anilines is 1. The van der Waals surface area contributed by atoms with Crippen LogP contribution in [0, 0.1) is 5.82 Å². The van der Waals surface area contributed by atoms with Crippen LogP contribution < -0.4 is 4.90 Å². The minimum absolute atomic E-state index is 0.163. The molecule has 0 unspecified atom stereocenters. The Hall–Kier alpha value is -2.02. The molecule has 0 bridgehead atoms. The molecule has 2 amide bonds. The lowest BCUT2D eigenvalue weighted by molar-refractivity contribution is -0.117. The van der Waals surface area contributed by atoms with E-state index in [-0.39, 0.29) is 36.4 Å². The van der Waals surface area contributed by atoms with Crippen LogP contribution in [0.1, 0.15) is 20.8 Å². The number of rotatable bonds is 3. The minimum atomic E-state index is -0.612. The number of amides is 2. The second-order valence-electron chi connectivity index (χ2n) is 6.57. The lowest BCUT2D eigenvalue weighted by Gasteiger charge is -2.45. The number of hydrogen-bond donors (Lipinski definition) is 1. The number of carbonyl (C=O) groups is 2. The number of carbonyl (C=O) groups excluding carboxylic acids is 2. The van der Waals surface area contributed by atoms with Gasteiger partial charge in [0, 0.05) is 19.2 Å². The van der Waals surface area contributed by atoms with Gasteiger partial charge in [-0.1, -0.05) is 0 Å². The molecule has 0 saturated carbocycles. The number of ether oxygens (including phenoxy) is 1. The Morgan fingerprint density at radius 3 is 2.54 bits per heavy atom. The zero-order chi connectivity index (χ0) is 18.1. The smallest absolute Gasteiger partial charge is 0.410 e. The predicted octanol–water partition coefficient (Wildman–Crippen LogP) is 2.72. The fourth-order valence-corrected chi connectivity index (χ4v) is 2.52. The average Bonchev–Trinajstić information content (AvgIpc) is 2.40. The van der Waals surface area contributed by atoms with Gasteiger partial charge in [0.05, 0.1) is 11.7 Å². The maximum atomic E-state index is 13.2. The maximum absolute atomic E-state index is 13.2. The Balaban J connectivity index is 2.12. The Bertz CT molecular complexity index is 641. The first-order valence-corrected chi connectivity index (χ1v) is 8.00. The van der Waals surface area contributed by atoms with Crippen LogP contribution >= 0.6 is 11.6 Å². The summed E-state index contributed by atoms with van der Waals surface area (Å²) in [5.41, 5.74) is -0.445. The molecule has 1 saturated heterocycles. The third-order valence-corrected chi connectivity index (χ3v) is 3.69. The Morgan fingerprint density at radius 2 is 2.04 bits per heavy atom. The second-order valence-corrected chi connectivity index (χ2v) is 6.84. The van der Waals surface area contributed by atoms with Crippen LogP contribution in [0.2, 0.25) is 0 Å². The second kappa shape index (κ2) is 6.84. The zero-order valence-corrected chi connectivity index (χ0v) is 14.5. The van der Waals surface area contributed by atoms with E-state index < -0.39 is 23.4 Å². The van der Waals surface area contributed by atoms with Crippen molar-refractivity contribution in [1.29, 1.82) is 0 Å². The fourth-order valence-electron chi connectivity index (χ4n) is 2.39. The van der Waals surface area contributed by atoms with E-state index in [1.54, 1.807) is 20.8 Å². The summed E-state index contributed by atoms with van der Waals surface area (Å²) in [5, 5.41) is 9.92. The van der Waals surface area contributed by atoms with E-state index in [4.69, 9.17) is 16.3 Å². The number of hydrogen-bond acceptors (Lipinski definition) is 4. The van der Waals surface area contributed by atoms with E-state index in [1.165, 1.54) is 15.9 Å². The Labute approximate surface area is 144 Å². The summed E-state index contributed by atoms with van der Waals surface area (Å²) >= 11 is 5.64. The van der Waals surface area contributed by atoms with E-state index in [1.807, 2.05) is 0 Å². The van der Waals surface area contributed by atoms with Crippen molar-refractivity contribution in [2.75, 3.05) is 23.9 Å². The summed E-state index contributed by atoms with van der Waals surface area (Å²) in [6.07, 6.45) is -0.472. The SMILES string of the molecule is CC(C)(C)OC(=O)N1CC(N(C(=O)CCl)c2ccc(F)cc2O)C1. The molecule has 24 heavy (non-hydrogen) atoms. The standard InChI is InChI=1S/C16H20ClFN2O4/c1-16(2,3)24-15(23)19-8-11(9-19)20(14(22)7-17)12-5-4-10(18)6-13(12)21/h4-6,11,21H,7-9H2,1-3H3. The van der Waals surface area contributed by atoms with Gasteiger partial charge in [0.1, 0.15) is 23.0 Å². The summed E-state index contributed by atoms with van der Waals surface area (Å²) in [7, 11) is 0. The third-order valence-electron chi connectivity index (χ3n) is 3.46. The molecule has 0 radical (unpaired) electrons. The van der Waals surface area contributed by atoms with Crippen LogP contribution in [0.15, 0.2) is 18.2 Å². The number of alkyl halides is 1. The van der Waals surface area contributed by atoms with E-state index in [0.29, 0.717) is 0 Å². The number of phenolic OH excluding ortho intramolecular Hbond substituents is 1. The average molecular weight is 359 g/mol. The number of likely N-dealkylation sites (tertiary alicyclic amines) is 1. The first-order valence-electron chi connectivity index (χ1n) is 7.47. The van der Waals surface area contributed by atoms with Crippen molar-refractivity contribution >= 4 is 29.3 Å². The number of nitrogens with zero attached hydrogens (tertiary/aromatic N) is 2.